The van der Waals surface area contributed by atoms with Crippen LogP contribution in [0.4, 0.5) is 16.2 Å². The van der Waals surface area contributed by atoms with Crippen LogP contribution in [-0.2, 0) is 19.1 Å². The van der Waals surface area contributed by atoms with Crippen molar-refractivity contribution in [2.75, 3.05) is 43.0 Å². The molecule has 4 amide bonds. The molecule has 2 saturated heterocycles. The molecule has 3 rings (SSSR count). The second-order valence-corrected chi connectivity index (χ2v) is 7.73. The number of anilines is 2. The lowest BCUT2D eigenvalue weighted by atomic mass is 9.99. The smallest absolute Gasteiger partial charge is 0.324 e. The molecule has 0 radical (unpaired) electrons. The molecule has 0 atom stereocenters. The number of nitrogens with zero attached hydrogens (tertiary/aromatic N) is 2. The van der Waals surface area contributed by atoms with Crippen molar-refractivity contribution < 1.29 is 23.9 Å². The van der Waals surface area contributed by atoms with Crippen molar-refractivity contribution in [3.63, 3.8) is 0 Å². The fourth-order valence-corrected chi connectivity index (χ4v) is 3.50. The summed E-state index contributed by atoms with van der Waals surface area (Å²) in [5, 5.41) is 5.12. The molecule has 1 aromatic rings. The van der Waals surface area contributed by atoms with Crippen LogP contribution in [0.5, 0.6) is 0 Å². The zero-order valence-electron chi connectivity index (χ0n) is 17.2. The van der Waals surface area contributed by atoms with E-state index in [9.17, 15) is 19.2 Å². The van der Waals surface area contributed by atoms with Crippen molar-refractivity contribution in [1.29, 1.82) is 0 Å². The molecule has 2 aliphatic rings. The molecular formula is C21H28N4O5. The average Bonchev–Trinajstić information content (AvgIpc) is 3.05. The van der Waals surface area contributed by atoms with Crippen LogP contribution in [0.25, 0.3) is 0 Å². The second kappa shape index (κ2) is 10.1. The summed E-state index contributed by atoms with van der Waals surface area (Å²) in [5.41, 5.74) is 1.78. The minimum absolute atomic E-state index is 0.0122. The van der Waals surface area contributed by atoms with E-state index < -0.39 is 17.9 Å². The van der Waals surface area contributed by atoms with E-state index in [4.69, 9.17) is 4.74 Å². The fourth-order valence-electron chi connectivity index (χ4n) is 3.50. The third kappa shape index (κ3) is 5.95. The van der Waals surface area contributed by atoms with Crippen molar-refractivity contribution in [1.82, 2.24) is 10.2 Å². The maximum Gasteiger partial charge on any atom is 0.324 e. The summed E-state index contributed by atoms with van der Waals surface area (Å²) in [6.07, 6.45) is 2.68. The maximum atomic E-state index is 12.0. The Labute approximate surface area is 175 Å². The lowest BCUT2D eigenvalue weighted by molar-refractivity contribution is -0.147. The lowest BCUT2D eigenvalue weighted by Crippen LogP contribution is -2.32. The number of hydrogen-bond donors (Lipinski definition) is 2. The normalized spacial score (nSPS) is 17.1. The number of hydrogen-bond acceptors (Lipinski definition) is 6. The van der Waals surface area contributed by atoms with E-state index in [0.717, 1.165) is 29.6 Å². The third-order valence-corrected chi connectivity index (χ3v) is 5.36. The predicted molar refractivity (Wildman–Crippen MR) is 111 cm³/mol. The molecule has 1 aromatic carbocycles. The number of imide groups is 1. The number of amides is 4. The number of benzene rings is 1. The van der Waals surface area contributed by atoms with Crippen LogP contribution in [-0.4, -0.2) is 61.5 Å². The molecule has 2 aliphatic heterocycles. The zero-order valence-corrected chi connectivity index (χ0v) is 17.2. The molecule has 0 saturated carbocycles. The molecule has 9 heteroatoms. The van der Waals surface area contributed by atoms with Gasteiger partial charge >= 0.3 is 12.0 Å². The van der Waals surface area contributed by atoms with E-state index in [1.165, 1.54) is 12.8 Å². The standard InChI is InChI=1S/C21H28N4O5/c1-15-8-11-24(12-9-15)17-6-4-16(5-7-17)23-18(26)14-30-20(28)3-2-10-25-19(27)13-22-21(25)29/h4-7,15H,2-3,8-14H2,1H3,(H,22,29)(H,23,26). The van der Waals surface area contributed by atoms with E-state index in [0.29, 0.717) is 5.69 Å². The Balaban J connectivity index is 1.34. The van der Waals surface area contributed by atoms with Gasteiger partial charge in [-0.1, -0.05) is 6.92 Å². The summed E-state index contributed by atoms with van der Waals surface area (Å²) in [5.74, 6) is -0.512. The van der Waals surface area contributed by atoms with Crippen LogP contribution in [0.1, 0.15) is 32.6 Å². The highest BCUT2D eigenvalue weighted by Gasteiger charge is 2.27. The molecule has 0 bridgehead atoms. The molecule has 0 aliphatic carbocycles. The molecule has 0 unspecified atom stereocenters. The quantitative estimate of drug-likeness (QED) is 0.494. The summed E-state index contributed by atoms with van der Waals surface area (Å²) in [7, 11) is 0. The van der Waals surface area contributed by atoms with E-state index in [-0.39, 0.29) is 38.4 Å². The number of carbonyl (C=O) groups is 4. The van der Waals surface area contributed by atoms with Crippen molar-refractivity contribution in [3.8, 4) is 0 Å². The minimum atomic E-state index is -0.549. The van der Waals surface area contributed by atoms with Gasteiger partial charge in [-0.05, 0) is 49.4 Å². The van der Waals surface area contributed by atoms with Crippen LogP contribution in [0.3, 0.4) is 0 Å². The van der Waals surface area contributed by atoms with E-state index in [1.54, 1.807) is 0 Å². The summed E-state index contributed by atoms with van der Waals surface area (Å²) in [4.78, 5) is 50.0. The number of rotatable bonds is 8. The van der Waals surface area contributed by atoms with Gasteiger partial charge in [0.2, 0.25) is 5.91 Å². The van der Waals surface area contributed by atoms with E-state index in [1.807, 2.05) is 24.3 Å². The van der Waals surface area contributed by atoms with Gasteiger partial charge in [-0.15, -0.1) is 0 Å². The minimum Gasteiger partial charge on any atom is -0.456 e. The average molecular weight is 416 g/mol. The maximum absolute atomic E-state index is 12.0. The monoisotopic (exact) mass is 416 g/mol. The van der Waals surface area contributed by atoms with E-state index in [2.05, 4.69) is 22.5 Å². The topological polar surface area (TPSA) is 108 Å². The van der Waals surface area contributed by atoms with Crippen LogP contribution in [0.15, 0.2) is 24.3 Å². The lowest BCUT2D eigenvalue weighted by Gasteiger charge is -2.32. The van der Waals surface area contributed by atoms with Gasteiger partial charge in [-0.25, -0.2) is 4.79 Å². The molecule has 0 spiro atoms. The van der Waals surface area contributed by atoms with Gasteiger partial charge in [0.25, 0.3) is 5.91 Å². The predicted octanol–water partition coefficient (Wildman–Crippen LogP) is 1.74. The van der Waals surface area contributed by atoms with Gasteiger partial charge in [0.15, 0.2) is 6.61 Å². The first-order chi connectivity index (χ1) is 14.4. The Bertz CT molecular complexity index is 771. The Morgan fingerprint density at radius 2 is 1.87 bits per heavy atom. The van der Waals surface area contributed by atoms with Crippen LogP contribution >= 0.6 is 0 Å². The van der Waals surface area contributed by atoms with Gasteiger partial charge < -0.3 is 20.3 Å². The molecular weight excluding hydrogens is 388 g/mol. The third-order valence-electron chi connectivity index (χ3n) is 5.36. The first-order valence-corrected chi connectivity index (χ1v) is 10.3. The number of carbonyl (C=O) groups excluding carboxylic acids is 4. The highest BCUT2D eigenvalue weighted by Crippen LogP contribution is 2.24. The Morgan fingerprint density at radius 3 is 2.50 bits per heavy atom. The first-order valence-electron chi connectivity index (χ1n) is 10.3. The largest absolute Gasteiger partial charge is 0.456 e. The van der Waals surface area contributed by atoms with Gasteiger partial charge in [-0.3, -0.25) is 19.3 Å². The first kappa shape index (κ1) is 21.6. The Morgan fingerprint density at radius 1 is 1.17 bits per heavy atom. The summed E-state index contributed by atoms with van der Waals surface area (Å²) < 4.78 is 4.96. The number of esters is 1. The number of urea groups is 1. The fraction of sp³-hybridized carbons (Fsp3) is 0.524. The van der Waals surface area contributed by atoms with Crippen molar-refractivity contribution >= 4 is 35.2 Å². The van der Waals surface area contributed by atoms with Crippen LogP contribution in [0, 0.1) is 5.92 Å². The van der Waals surface area contributed by atoms with Crippen LogP contribution in [0.2, 0.25) is 0 Å². The second-order valence-electron chi connectivity index (χ2n) is 7.73. The Kier molecular flexibility index (Phi) is 7.26. The highest BCUT2D eigenvalue weighted by atomic mass is 16.5. The molecule has 2 N–H and O–H groups in total. The Hall–Kier alpha value is -3.10. The molecule has 0 aromatic heterocycles. The molecule has 9 nitrogen and oxygen atoms in total. The van der Waals surface area contributed by atoms with Crippen LogP contribution < -0.4 is 15.5 Å². The van der Waals surface area contributed by atoms with Crippen molar-refractivity contribution in [3.05, 3.63) is 24.3 Å². The number of nitrogens with one attached hydrogen (secondary N) is 2. The molecule has 30 heavy (non-hydrogen) atoms. The van der Waals surface area contributed by atoms with E-state index >= 15 is 0 Å². The molecule has 2 fully saturated rings. The summed E-state index contributed by atoms with van der Waals surface area (Å²) in [6.45, 7) is 4.11. The van der Waals surface area contributed by atoms with Gasteiger partial charge in [0.05, 0.1) is 6.54 Å². The van der Waals surface area contributed by atoms with Crippen molar-refractivity contribution in [2.45, 2.75) is 32.6 Å². The SMILES string of the molecule is CC1CCN(c2ccc(NC(=O)COC(=O)CCCN3C(=O)CNC3=O)cc2)CC1. The summed E-state index contributed by atoms with van der Waals surface area (Å²) in [6, 6.07) is 7.19. The number of piperidine rings is 1. The highest BCUT2D eigenvalue weighted by molar-refractivity contribution is 6.01. The summed E-state index contributed by atoms with van der Waals surface area (Å²) >= 11 is 0. The van der Waals surface area contributed by atoms with Crippen molar-refractivity contribution in [2.24, 2.45) is 5.92 Å². The van der Waals surface area contributed by atoms with Gasteiger partial charge in [0, 0.05) is 37.4 Å². The number of ether oxygens (including phenoxy) is 1. The zero-order chi connectivity index (χ0) is 21.5. The molecule has 162 valence electrons. The van der Waals surface area contributed by atoms with Gasteiger partial charge in [-0.2, -0.15) is 0 Å². The molecule has 2 heterocycles. The van der Waals surface area contributed by atoms with Gasteiger partial charge in [0.1, 0.15) is 0 Å².